The van der Waals surface area contributed by atoms with Gasteiger partial charge in [0.2, 0.25) is 0 Å². The molecule has 0 spiro atoms. The van der Waals surface area contributed by atoms with E-state index in [0.717, 1.165) is 31.4 Å². The Kier molecular flexibility index (Phi) is 6.34. The third-order valence-electron chi connectivity index (χ3n) is 3.86. The van der Waals surface area contributed by atoms with Gasteiger partial charge in [-0.05, 0) is 55.5 Å². The summed E-state index contributed by atoms with van der Waals surface area (Å²) < 4.78 is 11.4. The second-order valence-corrected chi connectivity index (χ2v) is 5.84. The molecule has 112 valence electrons. The van der Waals surface area contributed by atoms with Crippen LogP contribution in [0.1, 0.15) is 38.2 Å². The molecule has 0 amide bonds. The fourth-order valence-corrected chi connectivity index (χ4v) is 2.47. The molecule has 0 aliphatic carbocycles. The number of benzene rings is 1. The molecule has 1 N–H and O–H groups in total. The van der Waals surface area contributed by atoms with Crippen molar-refractivity contribution in [2.24, 2.45) is 5.92 Å². The summed E-state index contributed by atoms with van der Waals surface area (Å²) >= 11 is 0. The van der Waals surface area contributed by atoms with Gasteiger partial charge in [-0.15, -0.1) is 0 Å². The summed E-state index contributed by atoms with van der Waals surface area (Å²) in [5.74, 6) is 2.22. The Hall–Kier alpha value is -1.06. The van der Waals surface area contributed by atoms with Gasteiger partial charge in [-0.3, -0.25) is 0 Å². The van der Waals surface area contributed by atoms with Crippen molar-refractivity contribution >= 4 is 0 Å². The van der Waals surface area contributed by atoms with Crippen LogP contribution in [-0.2, 0) is 4.74 Å². The topological polar surface area (TPSA) is 30.5 Å². The van der Waals surface area contributed by atoms with Gasteiger partial charge in [-0.25, -0.2) is 0 Å². The highest BCUT2D eigenvalue weighted by Gasteiger charge is 2.12. The number of rotatable bonds is 7. The summed E-state index contributed by atoms with van der Waals surface area (Å²) in [4.78, 5) is 0. The average Bonchev–Trinajstić information content (AvgIpc) is 2.48. The van der Waals surface area contributed by atoms with Crippen molar-refractivity contribution in [2.45, 2.75) is 32.6 Å². The average molecular weight is 277 g/mol. The van der Waals surface area contributed by atoms with Crippen LogP contribution in [0.2, 0.25) is 0 Å². The molecule has 1 aliphatic heterocycles. The molecule has 0 saturated carbocycles. The highest BCUT2D eigenvalue weighted by Crippen LogP contribution is 2.18. The summed E-state index contributed by atoms with van der Waals surface area (Å²) in [5, 5.41) is 3.37. The van der Waals surface area contributed by atoms with Crippen LogP contribution in [0, 0.1) is 5.92 Å². The van der Waals surface area contributed by atoms with Crippen molar-refractivity contribution in [3.63, 3.8) is 0 Å². The molecule has 0 bridgehead atoms. The highest BCUT2D eigenvalue weighted by molar-refractivity contribution is 5.28. The monoisotopic (exact) mass is 277 g/mol. The second kappa shape index (κ2) is 8.28. The molecule has 0 atom stereocenters. The number of nitrogens with one attached hydrogen (secondary N) is 1. The van der Waals surface area contributed by atoms with Gasteiger partial charge in [0.15, 0.2) is 0 Å². The van der Waals surface area contributed by atoms with E-state index in [1.165, 1.54) is 18.4 Å². The third-order valence-corrected chi connectivity index (χ3v) is 3.86. The van der Waals surface area contributed by atoms with Crippen LogP contribution in [0.25, 0.3) is 0 Å². The number of ether oxygens (including phenoxy) is 2. The van der Waals surface area contributed by atoms with E-state index in [9.17, 15) is 0 Å². The minimum Gasteiger partial charge on any atom is -0.491 e. The number of hydrogen-bond acceptors (Lipinski definition) is 3. The van der Waals surface area contributed by atoms with Gasteiger partial charge >= 0.3 is 0 Å². The Labute approximate surface area is 122 Å². The molecule has 20 heavy (non-hydrogen) atoms. The third kappa shape index (κ3) is 5.14. The number of hydrogen-bond donors (Lipinski definition) is 1. The van der Waals surface area contributed by atoms with Gasteiger partial charge in [-0.2, -0.15) is 0 Å². The van der Waals surface area contributed by atoms with Crippen LogP contribution in [0.15, 0.2) is 24.3 Å². The smallest absolute Gasteiger partial charge is 0.119 e. The highest BCUT2D eigenvalue weighted by atomic mass is 16.5. The van der Waals surface area contributed by atoms with Crippen molar-refractivity contribution in [3.05, 3.63) is 29.8 Å². The predicted molar refractivity (Wildman–Crippen MR) is 82.4 cm³/mol. The molecule has 2 rings (SSSR count). The molecule has 1 aliphatic rings. The Morgan fingerprint density at radius 3 is 2.45 bits per heavy atom. The fraction of sp³-hybridized carbons (Fsp3) is 0.647. The van der Waals surface area contributed by atoms with Crippen LogP contribution in [0.5, 0.6) is 5.75 Å². The van der Waals surface area contributed by atoms with Crippen molar-refractivity contribution in [2.75, 3.05) is 32.9 Å². The minimum atomic E-state index is 0.567. The normalized spacial score (nSPS) is 16.6. The molecule has 1 fully saturated rings. The largest absolute Gasteiger partial charge is 0.491 e. The van der Waals surface area contributed by atoms with Crippen LogP contribution in [-0.4, -0.2) is 32.9 Å². The first-order chi connectivity index (χ1) is 9.75. The molecule has 0 radical (unpaired) electrons. The zero-order chi connectivity index (χ0) is 14.2. The quantitative estimate of drug-likeness (QED) is 0.776. The maximum Gasteiger partial charge on any atom is 0.119 e. The zero-order valence-electron chi connectivity index (χ0n) is 12.7. The molecule has 1 heterocycles. The summed E-state index contributed by atoms with van der Waals surface area (Å²) in [6.45, 7) is 8.84. The lowest BCUT2D eigenvalue weighted by atomic mass is 9.99. The molecule has 0 unspecified atom stereocenters. The van der Waals surface area contributed by atoms with E-state index < -0.39 is 0 Å². The Balaban J connectivity index is 1.58. The van der Waals surface area contributed by atoms with E-state index in [1.54, 1.807) is 0 Å². The summed E-state index contributed by atoms with van der Waals surface area (Å²) in [6, 6.07) is 8.36. The molecule has 1 aromatic carbocycles. The first-order valence-electron chi connectivity index (χ1n) is 7.77. The lowest BCUT2D eigenvalue weighted by Crippen LogP contribution is -2.30. The molecule has 3 nitrogen and oxygen atoms in total. The number of piperidine rings is 1. The van der Waals surface area contributed by atoms with Crippen molar-refractivity contribution in [3.8, 4) is 5.75 Å². The SMILES string of the molecule is CC(C)c1ccc(OCCOCC2CCNCC2)cc1. The van der Waals surface area contributed by atoms with Crippen LogP contribution >= 0.6 is 0 Å². The predicted octanol–water partition coefficient (Wildman–Crippen LogP) is 3.21. The maximum atomic E-state index is 5.70. The van der Waals surface area contributed by atoms with E-state index >= 15 is 0 Å². The molecular weight excluding hydrogens is 250 g/mol. The van der Waals surface area contributed by atoms with Crippen LogP contribution in [0.4, 0.5) is 0 Å². The van der Waals surface area contributed by atoms with E-state index in [4.69, 9.17) is 9.47 Å². The molecule has 3 heteroatoms. The lowest BCUT2D eigenvalue weighted by Gasteiger charge is -2.22. The Bertz CT molecular complexity index is 369. The summed E-state index contributed by atoms with van der Waals surface area (Å²) in [6.07, 6.45) is 2.47. The first kappa shape index (κ1) is 15.3. The summed E-state index contributed by atoms with van der Waals surface area (Å²) in [5.41, 5.74) is 1.35. The maximum absolute atomic E-state index is 5.70. The van der Waals surface area contributed by atoms with E-state index in [0.29, 0.717) is 19.1 Å². The second-order valence-electron chi connectivity index (χ2n) is 5.84. The lowest BCUT2D eigenvalue weighted by molar-refractivity contribution is 0.0655. The van der Waals surface area contributed by atoms with Crippen LogP contribution < -0.4 is 10.1 Å². The Morgan fingerprint density at radius 1 is 1.10 bits per heavy atom. The van der Waals surface area contributed by atoms with Gasteiger partial charge in [0, 0.05) is 6.61 Å². The van der Waals surface area contributed by atoms with Gasteiger partial charge in [0.1, 0.15) is 12.4 Å². The minimum absolute atomic E-state index is 0.567. The van der Waals surface area contributed by atoms with Crippen molar-refractivity contribution < 1.29 is 9.47 Å². The summed E-state index contributed by atoms with van der Waals surface area (Å²) in [7, 11) is 0. The van der Waals surface area contributed by atoms with Crippen molar-refractivity contribution in [1.29, 1.82) is 0 Å². The molecule has 1 aromatic rings. The van der Waals surface area contributed by atoms with E-state index in [2.05, 4.69) is 31.3 Å². The van der Waals surface area contributed by atoms with E-state index in [1.807, 2.05) is 12.1 Å². The van der Waals surface area contributed by atoms with Gasteiger partial charge in [0.25, 0.3) is 0 Å². The van der Waals surface area contributed by atoms with Gasteiger partial charge in [-0.1, -0.05) is 26.0 Å². The Morgan fingerprint density at radius 2 is 1.80 bits per heavy atom. The standard InChI is InChI=1S/C17H27NO2/c1-14(2)16-3-5-17(6-4-16)20-12-11-19-13-15-7-9-18-10-8-15/h3-6,14-15,18H,7-13H2,1-2H3. The zero-order valence-corrected chi connectivity index (χ0v) is 12.7. The molecular formula is C17H27NO2. The van der Waals surface area contributed by atoms with Gasteiger partial charge < -0.3 is 14.8 Å². The van der Waals surface area contributed by atoms with E-state index in [-0.39, 0.29) is 0 Å². The van der Waals surface area contributed by atoms with Crippen LogP contribution in [0.3, 0.4) is 0 Å². The van der Waals surface area contributed by atoms with Crippen molar-refractivity contribution in [1.82, 2.24) is 5.32 Å². The molecule has 0 aromatic heterocycles. The fourth-order valence-electron chi connectivity index (χ4n) is 2.47. The first-order valence-corrected chi connectivity index (χ1v) is 7.77. The van der Waals surface area contributed by atoms with Gasteiger partial charge in [0.05, 0.1) is 6.61 Å². The molecule has 1 saturated heterocycles.